The maximum Gasteiger partial charge on any atom is 0.160 e. The molecule has 0 spiro atoms. The van der Waals surface area contributed by atoms with Crippen molar-refractivity contribution < 1.29 is 0 Å². The highest BCUT2D eigenvalue weighted by atomic mass is 32.1. The van der Waals surface area contributed by atoms with E-state index in [9.17, 15) is 0 Å². The van der Waals surface area contributed by atoms with Gasteiger partial charge in [-0.1, -0.05) is 33.0 Å². The number of hydrogen-bond acceptors (Lipinski definition) is 3. The van der Waals surface area contributed by atoms with Gasteiger partial charge in [-0.05, 0) is 18.6 Å². The van der Waals surface area contributed by atoms with E-state index in [0.717, 1.165) is 29.1 Å². The number of pyridine rings is 1. The molecular weight excluding hydrogens is 256 g/mol. The van der Waals surface area contributed by atoms with Gasteiger partial charge in [-0.3, -0.25) is 0 Å². The van der Waals surface area contributed by atoms with Crippen molar-refractivity contribution in [1.29, 1.82) is 0 Å². The van der Waals surface area contributed by atoms with Gasteiger partial charge in [-0.2, -0.15) is 0 Å². The second kappa shape index (κ2) is 4.89. The van der Waals surface area contributed by atoms with Crippen LogP contribution in [0.25, 0.3) is 11.2 Å². The van der Waals surface area contributed by atoms with Crippen LogP contribution in [0.5, 0.6) is 0 Å². The van der Waals surface area contributed by atoms with Gasteiger partial charge in [0.1, 0.15) is 11.3 Å². The molecule has 0 aliphatic carbocycles. The van der Waals surface area contributed by atoms with Gasteiger partial charge in [0.25, 0.3) is 0 Å². The Morgan fingerprint density at radius 2 is 2.11 bits per heavy atom. The first-order valence-electron chi connectivity index (χ1n) is 6.40. The summed E-state index contributed by atoms with van der Waals surface area (Å²) >= 11 is 4.97. The average molecular weight is 276 g/mol. The fourth-order valence-electron chi connectivity index (χ4n) is 2.12. The highest BCUT2D eigenvalue weighted by Crippen LogP contribution is 2.26. The van der Waals surface area contributed by atoms with Crippen LogP contribution in [0.15, 0.2) is 12.3 Å². The lowest BCUT2D eigenvalue weighted by molar-refractivity contribution is 0.506. The van der Waals surface area contributed by atoms with Crippen LogP contribution in [0.4, 0.5) is 0 Å². The topological polar surface area (TPSA) is 56.7 Å². The monoisotopic (exact) mass is 276 g/mol. The fourth-order valence-corrected chi connectivity index (χ4v) is 2.21. The van der Waals surface area contributed by atoms with Crippen molar-refractivity contribution in [3.05, 3.63) is 23.7 Å². The minimum Gasteiger partial charge on any atom is -0.393 e. The van der Waals surface area contributed by atoms with Gasteiger partial charge in [-0.15, -0.1) is 0 Å². The Hall–Kier alpha value is -1.49. The summed E-state index contributed by atoms with van der Waals surface area (Å²) in [4.78, 5) is 9.77. The summed E-state index contributed by atoms with van der Waals surface area (Å²) in [7, 11) is 0. The molecule has 0 amide bonds. The molecule has 5 heteroatoms. The smallest absolute Gasteiger partial charge is 0.160 e. The van der Waals surface area contributed by atoms with Crippen molar-refractivity contribution in [3.63, 3.8) is 0 Å². The lowest BCUT2D eigenvalue weighted by Gasteiger charge is -2.19. The molecule has 102 valence electrons. The first kappa shape index (κ1) is 13.9. The number of nitrogens with zero attached hydrogens (tertiary/aromatic N) is 3. The molecule has 2 rings (SSSR count). The minimum absolute atomic E-state index is 0.0369. The summed E-state index contributed by atoms with van der Waals surface area (Å²) in [5, 5.41) is 0. The molecule has 2 aromatic heterocycles. The Kier molecular flexibility index (Phi) is 3.58. The molecule has 0 atom stereocenters. The zero-order chi connectivity index (χ0) is 14.2. The number of thiocarbonyl (C=S) groups is 1. The lowest BCUT2D eigenvalue weighted by Crippen LogP contribution is -2.21. The zero-order valence-electron chi connectivity index (χ0n) is 11.9. The van der Waals surface area contributed by atoms with Crippen molar-refractivity contribution >= 4 is 28.4 Å². The largest absolute Gasteiger partial charge is 0.393 e. The van der Waals surface area contributed by atoms with E-state index in [1.165, 1.54) is 0 Å². The molecular formula is C14H20N4S. The van der Waals surface area contributed by atoms with Crippen LogP contribution in [-0.2, 0) is 12.0 Å². The van der Waals surface area contributed by atoms with Crippen molar-refractivity contribution in [3.8, 4) is 0 Å². The Morgan fingerprint density at radius 1 is 1.42 bits per heavy atom. The predicted molar refractivity (Wildman–Crippen MR) is 82.4 cm³/mol. The molecule has 0 aromatic carbocycles. The average Bonchev–Trinajstić information content (AvgIpc) is 2.63. The van der Waals surface area contributed by atoms with Crippen molar-refractivity contribution in [2.75, 3.05) is 0 Å². The van der Waals surface area contributed by atoms with E-state index in [4.69, 9.17) is 22.9 Å². The Bertz CT molecular complexity index is 622. The summed E-state index contributed by atoms with van der Waals surface area (Å²) in [6.07, 6.45) is 2.53. The Labute approximate surface area is 119 Å². The van der Waals surface area contributed by atoms with E-state index < -0.39 is 0 Å². The number of rotatable bonds is 3. The molecule has 0 aliphatic rings. The number of aromatic nitrogens is 3. The molecule has 2 aromatic rings. The maximum absolute atomic E-state index is 5.61. The van der Waals surface area contributed by atoms with Gasteiger partial charge in [0.15, 0.2) is 5.65 Å². The first-order chi connectivity index (χ1) is 8.79. The molecule has 2 heterocycles. The molecule has 4 nitrogen and oxygen atoms in total. The molecule has 0 saturated heterocycles. The second-order valence-electron chi connectivity index (χ2n) is 5.91. The minimum atomic E-state index is -0.0369. The standard InChI is InChI=1S/C14H20N4S/c1-9-7-10-12(16-8-9)18(6-5-11(15)19)13(17-10)14(2,3)4/h7-8H,5-6H2,1-4H3,(H2,15,19). The van der Waals surface area contributed by atoms with Crippen LogP contribution in [-0.4, -0.2) is 19.5 Å². The molecule has 0 unspecified atom stereocenters. The van der Waals surface area contributed by atoms with E-state index in [0.29, 0.717) is 11.4 Å². The van der Waals surface area contributed by atoms with Crippen molar-refractivity contribution in [1.82, 2.24) is 14.5 Å². The van der Waals surface area contributed by atoms with E-state index >= 15 is 0 Å². The maximum atomic E-state index is 5.61. The molecule has 0 radical (unpaired) electrons. The summed E-state index contributed by atoms with van der Waals surface area (Å²) < 4.78 is 2.13. The van der Waals surface area contributed by atoms with Crippen LogP contribution in [0.2, 0.25) is 0 Å². The van der Waals surface area contributed by atoms with Gasteiger partial charge in [-0.25, -0.2) is 9.97 Å². The zero-order valence-corrected chi connectivity index (χ0v) is 12.7. The van der Waals surface area contributed by atoms with E-state index in [1.54, 1.807) is 0 Å². The summed E-state index contributed by atoms with van der Waals surface area (Å²) in [6.45, 7) is 9.21. The van der Waals surface area contributed by atoms with Gasteiger partial charge in [0, 0.05) is 24.6 Å². The molecule has 2 N–H and O–H groups in total. The predicted octanol–water partition coefficient (Wildman–Crippen LogP) is 2.71. The lowest BCUT2D eigenvalue weighted by atomic mass is 9.95. The summed E-state index contributed by atoms with van der Waals surface area (Å²) in [5.41, 5.74) is 8.54. The SMILES string of the molecule is Cc1cnc2c(c1)nc(C(C)(C)C)n2CCC(N)=S. The number of fused-ring (bicyclic) bond motifs is 1. The molecule has 0 fully saturated rings. The molecule has 0 saturated carbocycles. The highest BCUT2D eigenvalue weighted by molar-refractivity contribution is 7.80. The van der Waals surface area contributed by atoms with E-state index in [-0.39, 0.29) is 5.41 Å². The van der Waals surface area contributed by atoms with Gasteiger partial charge in [0.05, 0.1) is 4.99 Å². The van der Waals surface area contributed by atoms with Gasteiger partial charge < -0.3 is 10.3 Å². The van der Waals surface area contributed by atoms with Crippen LogP contribution >= 0.6 is 12.2 Å². The molecule has 0 aliphatic heterocycles. The third-order valence-corrected chi connectivity index (χ3v) is 3.18. The van der Waals surface area contributed by atoms with Crippen LogP contribution < -0.4 is 5.73 Å². The third kappa shape index (κ3) is 2.92. The Balaban J connectivity index is 2.58. The van der Waals surface area contributed by atoms with Gasteiger partial charge >= 0.3 is 0 Å². The van der Waals surface area contributed by atoms with E-state index in [2.05, 4.69) is 36.4 Å². The normalized spacial score (nSPS) is 12.0. The molecule has 0 bridgehead atoms. The van der Waals surface area contributed by atoms with Crippen molar-refractivity contribution in [2.45, 2.75) is 46.1 Å². The fraction of sp³-hybridized carbons (Fsp3) is 0.500. The Morgan fingerprint density at radius 3 is 2.68 bits per heavy atom. The van der Waals surface area contributed by atoms with Crippen LogP contribution in [0.3, 0.4) is 0 Å². The second-order valence-corrected chi connectivity index (χ2v) is 6.43. The van der Waals surface area contributed by atoms with Crippen LogP contribution in [0.1, 0.15) is 38.6 Å². The number of nitrogens with two attached hydrogens (primary N) is 1. The van der Waals surface area contributed by atoms with Crippen LogP contribution in [0, 0.1) is 6.92 Å². The highest BCUT2D eigenvalue weighted by Gasteiger charge is 2.23. The summed E-state index contributed by atoms with van der Waals surface area (Å²) in [5.74, 6) is 1.02. The van der Waals surface area contributed by atoms with Crippen molar-refractivity contribution in [2.24, 2.45) is 5.73 Å². The number of hydrogen-bond donors (Lipinski definition) is 1. The number of aryl methyl sites for hydroxylation is 2. The molecule has 19 heavy (non-hydrogen) atoms. The quantitative estimate of drug-likeness (QED) is 0.876. The number of imidazole rings is 1. The van der Waals surface area contributed by atoms with E-state index in [1.807, 2.05) is 13.1 Å². The first-order valence-corrected chi connectivity index (χ1v) is 6.81. The third-order valence-electron chi connectivity index (χ3n) is 2.97. The summed E-state index contributed by atoms with van der Waals surface area (Å²) in [6, 6.07) is 2.06. The van der Waals surface area contributed by atoms with Gasteiger partial charge in [0.2, 0.25) is 0 Å².